The number of esters is 1. The van der Waals surface area contributed by atoms with Gasteiger partial charge in [0.1, 0.15) is 0 Å². The molecule has 0 bridgehead atoms. The second-order valence-corrected chi connectivity index (χ2v) is 5.60. The Morgan fingerprint density at radius 3 is 1.88 bits per heavy atom. The lowest BCUT2D eigenvalue weighted by Crippen LogP contribution is -2.59. The minimum Gasteiger partial charge on any atom is -0.462 e. The lowest BCUT2D eigenvalue weighted by atomic mass is 10.1. The van der Waals surface area contributed by atoms with E-state index in [-0.39, 0.29) is 17.9 Å². The molecule has 0 spiro atoms. The molecule has 24 heavy (non-hydrogen) atoms. The maximum Gasteiger partial charge on any atom is 0.421 e. The van der Waals surface area contributed by atoms with E-state index < -0.39 is 28.6 Å². The van der Waals surface area contributed by atoms with Gasteiger partial charge in [0.25, 0.3) is 10.2 Å². The maximum atomic E-state index is 12.7. The maximum absolute atomic E-state index is 12.7. The second-order valence-electron chi connectivity index (χ2n) is 4.41. The van der Waals surface area contributed by atoms with Crippen LogP contribution < -0.4 is 5.32 Å². The third-order valence-electron chi connectivity index (χ3n) is 2.75. The van der Waals surface area contributed by atoms with Crippen molar-refractivity contribution in [2.45, 2.75) is 23.6 Å². The van der Waals surface area contributed by atoms with E-state index in [0.29, 0.717) is 0 Å². The molecular weight excluding hydrogens is 412 g/mol. The minimum absolute atomic E-state index is 0.0200. The van der Waals surface area contributed by atoms with E-state index in [1.54, 1.807) is 6.92 Å². The number of amides is 1. The Labute approximate surface area is 140 Å². The highest BCUT2D eigenvalue weighted by Crippen LogP contribution is 2.50. The SMILES string of the molecule is CCOC(=O)c1ccc(NC(=O)C(Br)(C(F)(F)F)C(F)(F)F)cc1. The molecule has 1 rings (SSSR count). The zero-order valence-corrected chi connectivity index (χ0v) is 13.5. The van der Waals surface area contributed by atoms with Crippen molar-refractivity contribution in [3.8, 4) is 0 Å². The Bertz CT molecular complexity index is 598. The molecular formula is C13H10BrF6NO3. The quantitative estimate of drug-likeness (QED) is 0.453. The van der Waals surface area contributed by atoms with E-state index in [1.165, 1.54) is 21.2 Å². The van der Waals surface area contributed by atoms with Gasteiger partial charge in [-0.3, -0.25) is 4.79 Å². The molecule has 0 aliphatic heterocycles. The number of hydrogen-bond acceptors (Lipinski definition) is 3. The molecule has 0 saturated heterocycles. The van der Waals surface area contributed by atoms with Crippen LogP contribution in [0.4, 0.5) is 32.0 Å². The van der Waals surface area contributed by atoms with Crippen LogP contribution in [0.1, 0.15) is 17.3 Å². The number of hydrogen-bond donors (Lipinski definition) is 1. The van der Waals surface area contributed by atoms with E-state index in [2.05, 4.69) is 4.74 Å². The van der Waals surface area contributed by atoms with Gasteiger partial charge in [0.2, 0.25) is 0 Å². The Kier molecular flexibility index (Phi) is 5.91. The van der Waals surface area contributed by atoms with E-state index in [0.717, 1.165) is 24.3 Å². The van der Waals surface area contributed by atoms with Gasteiger partial charge in [-0.1, -0.05) is 15.9 Å². The average molecular weight is 422 g/mol. The molecule has 1 N–H and O–H groups in total. The molecule has 1 amide bonds. The molecule has 134 valence electrons. The first-order chi connectivity index (χ1) is 10.8. The van der Waals surface area contributed by atoms with Gasteiger partial charge in [-0.25, -0.2) is 4.79 Å². The molecule has 0 aliphatic rings. The number of halogens is 7. The van der Waals surface area contributed by atoms with Crippen molar-refractivity contribution in [3.05, 3.63) is 29.8 Å². The number of rotatable bonds is 4. The van der Waals surface area contributed by atoms with Crippen molar-refractivity contribution in [2.75, 3.05) is 11.9 Å². The van der Waals surface area contributed by atoms with E-state index in [1.807, 2.05) is 0 Å². The fourth-order valence-corrected chi connectivity index (χ4v) is 1.64. The molecule has 0 fully saturated rings. The summed E-state index contributed by atoms with van der Waals surface area (Å²) in [6.07, 6.45) is -11.8. The first-order valence-corrected chi connectivity index (χ1v) is 7.05. The van der Waals surface area contributed by atoms with Gasteiger partial charge in [-0.2, -0.15) is 26.3 Å². The summed E-state index contributed by atoms with van der Waals surface area (Å²) >= 11 is 1.47. The van der Waals surface area contributed by atoms with Gasteiger partial charge in [0.05, 0.1) is 12.2 Å². The van der Waals surface area contributed by atoms with E-state index in [9.17, 15) is 35.9 Å². The standard InChI is InChI=1S/C13H10BrF6NO3/c1-2-24-9(22)7-3-5-8(6-4-7)21-10(23)11(14,12(15,16)17)13(18,19)20/h3-6H,2H2,1H3,(H,21,23). The Hall–Kier alpha value is -1.78. The summed E-state index contributed by atoms with van der Waals surface area (Å²) in [7, 11) is 0. The zero-order chi connectivity index (χ0) is 18.8. The molecule has 0 atom stereocenters. The monoisotopic (exact) mass is 421 g/mol. The predicted octanol–water partition coefficient (Wildman–Crippen LogP) is 4.06. The fraction of sp³-hybridized carbons (Fsp3) is 0.385. The van der Waals surface area contributed by atoms with Crippen molar-refractivity contribution in [1.82, 2.24) is 0 Å². The third kappa shape index (κ3) is 4.00. The first kappa shape index (κ1) is 20.3. The van der Waals surface area contributed by atoms with Crippen molar-refractivity contribution >= 4 is 33.5 Å². The molecule has 4 nitrogen and oxygen atoms in total. The molecule has 0 saturated carbocycles. The number of nitrogens with one attached hydrogen (secondary N) is 1. The Balaban J connectivity index is 3.03. The van der Waals surface area contributed by atoms with Crippen LogP contribution in [0.15, 0.2) is 24.3 Å². The summed E-state index contributed by atoms with van der Waals surface area (Å²) < 4.78 is 76.2. The highest BCUT2D eigenvalue weighted by atomic mass is 79.9. The van der Waals surface area contributed by atoms with Crippen LogP contribution in [-0.4, -0.2) is 35.2 Å². The van der Waals surface area contributed by atoms with Gasteiger partial charge in [-0.05, 0) is 31.2 Å². The van der Waals surface area contributed by atoms with Gasteiger partial charge in [0, 0.05) is 5.69 Å². The number of carbonyl (C=O) groups is 2. The third-order valence-corrected chi connectivity index (χ3v) is 4.01. The Morgan fingerprint density at radius 2 is 1.50 bits per heavy atom. The van der Waals surface area contributed by atoms with Crippen molar-refractivity contribution in [1.29, 1.82) is 0 Å². The van der Waals surface area contributed by atoms with Crippen LogP contribution in [0.25, 0.3) is 0 Å². The first-order valence-electron chi connectivity index (χ1n) is 6.25. The van der Waals surface area contributed by atoms with Crippen molar-refractivity contribution < 1.29 is 40.7 Å². The van der Waals surface area contributed by atoms with Gasteiger partial charge in [-0.15, -0.1) is 0 Å². The number of ether oxygens (including phenoxy) is 1. The van der Waals surface area contributed by atoms with E-state index >= 15 is 0 Å². The molecule has 11 heteroatoms. The van der Waals surface area contributed by atoms with Crippen molar-refractivity contribution in [2.24, 2.45) is 0 Å². The van der Waals surface area contributed by atoms with Gasteiger partial charge in [0.15, 0.2) is 0 Å². The van der Waals surface area contributed by atoms with Crippen molar-refractivity contribution in [3.63, 3.8) is 0 Å². The summed E-state index contributed by atoms with van der Waals surface area (Å²) in [6.45, 7) is 1.64. The number of alkyl halides is 7. The van der Waals surface area contributed by atoms with Crippen LogP contribution in [0.5, 0.6) is 0 Å². The van der Waals surface area contributed by atoms with Gasteiger partial charge >= 0.3 is 18.3 Å². The normalized spacial score (nSPS) is 12.7. The molecule has 0 aromatic heterocycles. The lowest BCUT2D eigenvalue weighted by molar-refractivity contribution is -0.253. The highest BCUT2D eigenvalue weighted by molar-refractivity contribution is 9.10. The summed E-state index contributed by atoms with van der Waals surface area (Å²) in [6, 6.07) is 4.13. The highest BCUT2D eigenvalue weighted by Gasteiger charge is 2.74. The van der Waals surface area contributed by atoms with Crippen LogP contribution >= 0.6 is 15.9 Å². The zero-order valence-electron chi connectivity index (χ0n) is 11.9. The minimum atomic E-state index is -5.92. The largest absolute Gasteiger partial charge is 0.462 e. The van der Waals surface area contributed by atoms with Crippen LogP contribution in [-0.2, 0) is 9.53 Å². The second kappa shape index (κ2) is 6.99. The van der Waals surface area contributed by atoms with E-state index in [4.69, 9.17) is 0 Å². The average Bonchev–Trinajstić information content (AvgIpc) is 2.44. The summed E-state index contributed by atoms with van der Waals surface area (Å²) in [4.78, 5) is 22.9. The molecule has 1 aromatic carbocycles. The topological polar surface area (TPSA) is 55.4 Å². The summed E-state index contributed by atoms with van der Waals surface area (Å²) in [5, 5.41) is 1.52. The molecule has 1 aromatic rings. The number of anilines is 1. The summed E-state index contributed by atoms with van der Waals surface area (Å²) in [5.41, 5.74) is -0.336. The molecule has 0 heterocycles. The summed E-state index contributed by atoms with van der Waals surface area (Å²) in [5.74, 6) is -3.08. The number of benzene rings is 1. The smallest absolute Gasteiger partial charge is 0.421 e. The predicted molar refractivity (Wildman–Crippen MR) is 74.8 cm³/mol. The Morgan fingerprint density at radius 1 is 1.04 bits per heavy atom. The van der Waals surface area contributed by atoms with Gasteiger partial charge < -0.3 is 10.1 Å². The number of carbonyl (C=O) groups excluding carboxylic acids is 2. The fourth-order valence-electron chi connectivity index (χ4n) is 1.54. The van der Waals surface area contributed by atoms with Crippen LogP contribution in [0, 0.1) is 0 Å². The molecule has 0 radical (unpaired) electrons. The van der Waals surface area contributed by atoms with Crippen LogP contribution in [0.3, 0.4) is 0 Å². The molecule has 0 unspecified atom stereocenters. The molecule has 0 aliphatic carbocycles. The lowest BCUT2D eigenvalue weighted by Gasteiger charge is -2.30. The van der Waals surface area contributed by atoms with Crippen LogP contribution in [0.2, 0.25) is 0 Å².